The number of thiophene rings is 1. The summed E-state index contributed by atoms with van der Waals surface area (Å²) in [5.74, 6) is -1.49. The smallest absolute Gasteiger partial charge is 0.456 e. The molecule has 0 aliphatic heterocycles. The third kappa shape index (κ3) is 7.25. The van der Waals surface area contributed by atoms with E-state index in [1.165, 1.54) is 23.5 Å². The fraction of sp³-hybridized carbons (Fsp3) is 0.250. The summed E-state index contributed by atoms with van der Waals surface area (Å²) in [5, 5.41) is 6.23. The van der Waals surface area contributed by atoms with Gasteiger partial charge >= 0.3 is 12.3 Å². The van der Waals surface area contributed by atoms with E-state index in [-0.39, 0.29) is 12.1 Å². The number of ether oxygens (including phenoxy) is 2. The summed E-state index contributed by atoms with van der Waals surface area (Å²) in [4.78, 5) is 23.2. The maximum absolute atomic E-state index is 12.0. The highest BCUT2D eigenvalue weighted by atomic mass is 32.1. The van der Waals surface area contributed by atoms with Crippen LogP contribution in [0.4, 0.5) is 18.9 Å². The van der Waals surface area contributed by atoms with Crippen molar-refractivity contribution in [2.75, 3.05) is 11.9 Å². The van der Waals surface area contributed by atoms with E-state index in [1.807, 2.05) is 16.8 Å². The Bertz CT molecular complexity index is 699. The summed E-state index contributed by atoms with van der Waals surface area (Å²) in [6, 6.07) is 6.53. The Kier molecular flexibility index (Phi) is 6.40. The number of amides is 1. The van der Waals surface area contributed by atoms with Crippen LogP contribution in [0.25, 0.3) is 0 Å². The van der Waals surface area contributed by atoms with E-state index in [2.05, 4.69) is 10.1 Å². The van der Waals surface area contributed by atoms with Crippen LogP contribution in [0.15, 0.2) is 41.1 Å². The predicted octanol–water partition coefficient (Wildman–Crippen LogP) is 3.76. The molecule has 1 aromatic heterocycles. The van der Waals surface area contributed by atoms with Crippen molar-refractivity contribution >= 4 is 28.9 Å². The lowest BCUT2D eigenvalue weighted by molar-refractivity contribution is -0.274. The van der Waals surface area contributed by atoms with Gasteiger partial charge in [0.05, 0.1) is 0 Å². The minimum atomic E-state index is -4.78. The summed E-state index contributed by atoms with van der Waals surface area (Å²) in [5.41, 5.74) is 1.28. The van der Waals surface area contributed by atoms with Gasteiger partial charge in [0.2, 0.25) is 0 Å². The summed E-state index contributed by atoms with van der Waals surface area (Å²) < 4.78 is 44.7. The first kappa shape index (κ1) is 18.8. The summed E-state index contributed by atoms with van der Waals surface area (Å²) in [6.45, 7) is -0.469. The monoisotopic (exact) mass is 373 g/mol. The number of alkyl halides is 3. The van der Waals surface area contributed by atoms with Crippen LogP contribution in [0.1, 0.15) is 12.0 Å². The zero-order valence-corrected chi connectivity index (χ0v) is 13.7. The molecule has 1 N–H and O–H groups in total. The first-order valence-electron chi connectivity index (χ1n) is 7.14. The maximum Gasteiger partial charge on any atom is 0.573 e. The molecule has 0 saturated heterocycles. The number of carbonyl (C=O) groups excluding carboxylic acids is 2. The molecule has 0 spiro atoms. The second kappa shape index (κ2) is 8.52. The van der Waals surface area contributed by atoms with Gasteiger partial charge in [0.1, 0.15) is 5.75 Å². The van der Waals surface area contributed by atoms with E-state index >= 15 is 0 Å². The molecule has 1 heterocycles. The van der Waals surface area contributed by atoms with Gasteiger partial charge in [-0.05, 0) is 53.1 Å². The van der Waals surface area contributed by atoms with Crippen molar-refractivity contribution < 1.29 is 32.2 Å². The van der Waals surface area contributed by atoms with Crippen molar-refractivity contribution in [2.24, 2.45) is 0 Å². The number of esters is 1. The van der Waals surface area contributed by atoms with E-state index in [1.54, 1.807) is 0 Å². The number of halogens is 3. The Hall–Kier alpha value is -2.55. The second-order valence-corrected chi connectivity index (χ2v) is 5.69. The average molecular weight is 373 g/mol. The summed E-state index contributed by atoms with van der Waals surface area (Å²) >= 11 is 1.53. The van der Waals surface area contributed by atoms with Gasteiger partial charge in [0.25, 0.3) is 5.91 Å². The van der Waals surface area contributed by atoms with Gasteiger partial charge in [-0.1, -0.05) is 0 Å². The van der Waals surface area contributed by atoms with Crippen molar-refractivity contribution in [3.05, 3.63) is 46.7 Å². The first-order valence-corrected chi connectivity index (χ1v) is 8.08. The van der Waals surface area contributed by atoms with E-state index in [4.69, 9.17) is 4.74 Å². The Labute approximate surface area is 145 Å². The number of benzene rings is 1. The standard InChI is InChI=1S/C16H14F3NO4S/c17-16(18,19)24-13-4-2-12(3-5-13)20-14(21)9-23-15(22)6-1-11-7-8-25-10-11/h2-5,7-8,10H,1,6,9H2,(H,20,21). The minimum absolute atomic E-state index is 0.160. The highest BCUT2D eigenvalue weighted by molar-refractivity contribution is 7.07. The highest BCUT2D eigenvalue weighted by Crippen LogP contribution is 2.23. The Morgan fingerprint density at radius 3 is 2.44 bits per heavy atom. The number of nitrogens with one attached hydrogen (secondary N) is 1. The Morgan fingerprint density at radius 2 is 1.84 bits per heavy atom. The van der Waals surface area contributed by atoms with Crippen molar-refractivity contribution in [2.45, 2.75) is 19.2 Å². The van der Waals surface area contributed by atoms with Crippen LogP contribution < -0.4 is 10.1 Å². The summed E-state index contributed by atoms with van der Waals surface area (Å²) in [7, 11) is 0. The number of hydrogen-bond acceptors (Lipinski definition) is 5. The molecule has 2 rings (SSSR count). The van der Waals surface area contributed by atoms with Crippen molar-refractivity contribution in [3.63, 3.8) is 0 Å². The van der Waals surface area contributed by atoms with Crippen molar-refractivity contribution in [1.29, 1.82) is 0 Å². The third-order valence-electron chi connectivity index (χ3n) is 2.93. The number of anilines is 1. The lowest BCUT2D eigenvalue weighted by Crippen LogP contribution is -2.21. The number of hydrogen-bond donors (Lipinski definition) is 1. The maximum atomic E-state index is 12.0. The van der Waals surface area contributed by atoms with E-state index in [0.717, 1.165) is 17.7 Å². The van der Waals surface area contributed by atoms with Gasteiger partial charge in [-0.25, -0.2) is 0 Å². The van der Waals surface area contributed by atoms with Gasteiger partial charge in [-0.2, -0.15) is 11.3 Å². The molecule has 9 heteroatoms. The third-order valence-corrected chi connectivity index (χ3v) is 3.67. The molecule has 134 valence electrons. The fourth-order valence-electron chi connectivity index (χ4n) is 1.84. The largest absolute Gasteiger partial charge is 0.573 e. The zero-order valence-electron chi connectivity index (χ0n) is 12.8. The van der Waals surface area contributed by atoms with Crippen molar-refractivity contribution in [3.8, 4) is 5.75 Å². The molecule has 0 aliphatic rings. The van der Waals surface area contributed by atoms with E-state index in [0.29, 0.717) is 6.42 Å². The van der Waals surface area contributed by atoms with Gasteiger partial charge < -0.3 is 14.8 Å². The number of rotatable bonds is 7. The molecule has 0 saturated carbocycles. The molecular weight excluding hydrogens is 359 g/mol. The zero-order chi connectivity index (χ0) is 18.3. The molecule has 0 unspecified atom stereocenters. The highest BCUT2D eigenvalue weighted by Gasteiger charge is 2.30. The molecule has 25 heavy (non-hydrogen) atoms. The van der Waals surface area contributed by atoms with Crippen LogP contribution in [0, 0.1) is 0 Å². The number of aryl methyl sites for hydroxylation is 1. The van der Waals surface area contributed by atoms with Crippen LogP contribution >= 0.6 is 11.3 Å². The first-order chi connectivity index (χ1) is 11.8. The SMILES string of the molecule is O=C(COC(=O)CCc1ccsc1)Nc1ccc(OC(F)(F)F)cc1. The molecule has 0 radical (unpaired) electrons. The van der Waals surface area contributed by atoms with Crippen LogP contribution in [0.5, 0.6) is 5.75 Å². The molecular formula is C16H14F3NO4S. The van der Waals surface area contributed by atoms with Gasteiger partial charge in [0, 0.05) is 12.1 Å². The summed E-state index contributed by atoms with van der Waals surface area (Å²) in [6.07, 6.45) is -4.08. The predicted molar refractivity (Wildman–Crippen MR) is 85.4 cm³/mol. The van der Waals surface area contributed by atoms with E-state index in [9.17, 15) is 22.8 Å². The topological polar surface area (TPSA) is 64.6 Å². The molecule has 1 amide bonds. The lowest BCUT2D eigenvalue weighted by Gasteiger charge is -2.10. The normalized spacial score (nSPS) is 11.0. The molecule has 1 aromatic carbocycles. The van der Waals surface area contributed by atoms with Crippen molar-refractivity contribution in [1.82, 2.24) is 0 Å². The Morgan fingerprint density at radius 1 is 1.12 bits per heavy atom. The van der Waals surface area contributed by atoms with Crippen LogP contribution in [0.3, 0.4) is 0 Å². The van der Waals surface area contributed by atoms with Crippen LogP contribution in [-0.2, 0) is 20.7 Å². The van der Waals surface area contributed by atoms with E-state index < -0.39 is 30.6 Å². The van der Waals surface area contributed by atoms with Gasteiger partial charge in [-0.15, -0.1) is 13.2 Å². The molecule has 2 aromatic rings. The van der Waals surface area contributed by atoms with Gasteiger partial charge in [0.15, 0.2) is 6.61 Å². The fourth-order valence-corrected chi connectivity index (χ4v) is 2.54. The minimum Gasteiger partial charge on any atom is -0.456 e. The molecule has 0 bridgehead atoms. The average Bonchev–Trinajstić information content (AvgIpc) is 3.05. The molecule has 0 aliphatic carbocycles. The lowest BCUT2D eigenvalue weighted by atomic mass is 10.2. The molecule has 5 nitrogen and oxygen atoms in total. The van der Waals surface area contributed by atoms with Gasteiger partial charge in [-0.3, -0.25) is 9.59 Å². The van der Waals surface area contributed by atoms with Crippen LogP contribution in [-0.4, -0.2) is 24.8 Å². The van der Waals surface area contributed by atoms with Crippen LogP contribution in [0.2, 0.25) is 0 Å². The Balaban J connectivity index is 1.71. The quantitative estimate of drug-likeness (QED) is 0.751. The molecule has 0 atom stereocenters. The molecule has 0 fully saturated rings. The number of carbonyl (C=O) groups is 2. The second-order valence-electron chi connectivity index (χ2n) is 4.91.